The molecule has 0 unspecified atom stereocenters. The van der Waals surface area contributed by atoms with E-state index in [1.54, 1.807) is 4.68 Å². The van der Waals surface area contributed by atoms with Crippen LogP contribution in [0.15, 0.2) is 30.5 Å². The maximum Gasteiger partial charge on any atom is 0.0836 e. The molecule has 0 spiro atoms. The Labute approximate surface area is 134 Å². The molecule has 0 aliphatic rings. The first-order valence-corrected chi connectivity index (χ1v) is 8.45. The number of nitrogens with zero attached hydrogens (tertiary/aromatic N) is 3. The molecule has 0 fully saturated rings. The fourth-order valence-electron chi connectivity index (χ4n) is 2.03. The first-order chi connectivity index (χ1) is 9.09. The number of alkyl halides is 2. The minimum Gasteiger partial charge on any atom is -0.255 e. The van der Waals surface area contributed by atoms with E-state index < -0.39 is 0 Å². The predicted molar refractivity (Wildman–Crippen MR) is 85.4 cm³/mol. The van der Waals surface area contributed by atoms with Crippen molar-refractivity contribution >= 4 is 43.5 Å². The lowest BCUT2D eigenvalue weighted by Gasteiger charge is -2.30. The summed E-state index contributed by atoms with van der Waals surface area (Å²) in [6, 6.07) is 7.99. The molecule has 19 heavy (non-hydrogen) atoms. The highest BCUT2D eigenvalue weighted by Crippen LogP contribution is 2.33. The number of hydrogen-bond acceptors (Lipinski definition) is 2. The van der Waals surface area contributed by atoms with Crippen LogP contribution in [0.1, 0.15) is 11.3 Å². The number of hydrogen-bond donors (Lipinski definition) is 0. The Bertz CT molecular complexity index is 552. The second-order valence-electron chi connectivity index (χ2n) is 4.62. The standard InChI is InChI=1S/C13H14Br2ClN3/c1-19-7-12(17-18-19)6-13(8-14,9-15)10-3-2-4-11(16)5-10/h2-5,7H,6,8-9H2,1H3. The van der Waals surface area contributed by atoms with Crippen molar-refractivity contribution in [3.8, 4) is 0 Å². The van der Waals surface area contributed by atoms with Gasteiger partial charge in [-0.3, -0.25) is 4.68 Å². The molecule has 1 aromatic heterocycles. The largest absolute Gasteiger partial charge is 0.255 e. The van der Waals surface area contributed by atoms with Gasteiger partial charge in [-0.1, -0.05) is 60.8 Å². The lowest BCUT2D eigenvalue weighted by molar-refractivity contribution is 0.542. The molecule has 1 aromatic carbocycles. The monoisotopic (exact) mass is 405 g/mol. The number of rotatable bonds is 5. The Morgan fingerprint density at radius 3 is 2.58 bits per heavy atom. The third kappa shape index (κ3) is 3.38. The van der Waals surface area contributed by atoms with Crippen LogP contribution in [0.4, 0.5) is 0 Å². The highest BCUT2D eigenvalue weighted by atomic mass is 79.9. The van der Waals surface area contributed by atoms with Crippen molar-refractivity contribution in [3.05, 3.63) is 46.7 Å². The minimum absolute atomic E-state index is 0.0824. The summed E-state index contributed by atoms with van der Waals surface area (Å²) in [7, 11) is 1.87. The second kappa shape index (κ2) is 6.37. The number of aromatic nitrogens is 3. The smallest absolute Gasteiger partial charge is 0.0836 e. The molecule has 0 radical (unpaired) electrons. The van der Waals surface area contributed by atoms with Crippen LogP contribution in [0, 0.1) is 0 Å². The predicted octanol–water partition coefficient (Wildman–Crippen LogP) is 3.74. The lowest BCUT2D eigenvalue weighted by Crippen LogP contribution is -2.33. The molecule has 0 saturated carbocycles. The van der Waals surface area contributed by atoms with Crippen molar-refractivity contribution in [2.24, 2.45) is 7.05 Å². The summed E-state index contributed by atoms with van der Waals surface area (Å²) in [5.41, 5.74) is 2.08. The van der Waals surface area contributed by atoms with Gasteiger partial charge in [-0.2, -0.15) is 0 Å². The fourth-order valence-corrected chi connectivity index (χ4v) is 4.19. The summed E-state index contributed by atoms with van der Waals surface area (Å²) < 4.78 is 1.72. The van der Waals surface area contributed by atoms with E-state index in [1.807, 2.05) is 31.4 Å². The Balaban J connectivity index is 2.37. The van der Waals surface area contributed by atoms with Gasteiger partial charge in [0.25, 0.3) is 0 Å². The van der Waals surface area contributed by atoms with E-state index in [2.05, 4.69) is 48.2 Å². The molecule has 2 aromatic rings. The quantitative estimate of drug-likeness (QED) is 0.707. The molecule has 0 saturated heterocycles. The maximum atomic E-state index is 6.11. The molecule has 3 nitrogen and oxygen atoms in total. The van der Waals surface area contributed by atoms with Crippen LogP contribution < -0.4 is 0 Å². The van der Waals surface area contributed by atoms with Gasteiger partial charge in [0, 0.05) is 40.8 Å². The Morgan fingerprint density at radius 2 is 2.05 bits per heavy atom. The van der Waals surface area contributed by atoms with Crippen molar-refractivity contribution in [2.45, 2.75) is 11.8 Å². The van der Waals surface area contributed by atoms with Crippen LogP contribution >= 0.6 is 43.5 Å². The first-order valence-electron chi connectivity index (χ1n) is 5.83. The van der Waals surface area contributed by atoms with Crippen LogP contribution in [-0.4, -0.2) is 25.7 Å². The summed E-state index contributed by atoms with van der Waals surface area (Å²) in [4.78, 5) is 0. The van der Waals surface area contributed by atoms with Crippen molar-refractivity contribution in [1.82, 2.24) is 15.0 Å². The molecule has 0 bridgehead atoms. The van der Waals surface area contributed by atoms with Crippen LogP contribution in [0.3, 0.4) is 0 Å². The lowest BCUT2D eigenvalue weighted by atomic mass is 9.80. The van der Waals surface area contributed by atoms with Crippen molar-refractivity contribution < 1.29 is 0 Å². The topological polar surface area (TPSA) is 30.7 Å². The fraction of sp³-hybridized carbons (Fsp3) is 0.385. The Hall–Kier alpha value is -0.390. The zero-order valence-corrected chi connectivity index (χ0v) is 14.4. The van der Waals surface area contributed by atoms with Crippen LogP contribution in [0.25, 0.3) is 0 Å². The number of aryl methyl sites for hydroxylation is 1. The second-order valence-corrected chi connectivity index (χ2v) is 6.18. The normalized spacial score (nSPS) is 11.8. The summed E-state index contributed by atoms with van der Waals surface area (Å²) in [6.45, 7) is 0. The van der Waals surface area contributed by atoms with E-state index in [4.69, 9.17) is 11.6 Å². The molecule has 6 heteroatoms. The highest BCUT2D eigenvalue weighted by Gasteiger charge is 2.31. The van der Waals surface area contributed by atoms with Gasteiger partial charge in [0.1, 0.15) is 0 Å². The van der Waals surface area contributed by atoms with Gasteiger partial charge in [0.2, 0.25) is 0 Å². The molecule has 102 valence electrons. The third-order valence-corrected chi connectivity index (χ3v) is 5.50. The third-order valence-electron chi connectivity index (χ3n) is 3.12. The van der Waals surface area contributed by atoms with E-state index in [-0.39, 0.29) is 5.41 Å². The first kappa shape index (κ1) is 15.0. The van der Waals surface area contributed by atoms with Gasteiger partial charge in [0.05, 0.1) is 5.69 Å². The summed E-state index contributed by atoms with van der Waals surface area (Å²) >= 11 is 13.4. The Morgan fingerprint density at radius 1 is 1.32 bits per heavy atom. The van der Waals surface area contributed by atoms with Crippen LogP contribution in [-0.2, 0) is 18.9 Å². The zero-order valence-electron chi connectivity index (χ0n) is 10.5. The molecule has 2 rings (SSSR count). The van der Waals surface area contributed by atoms with Crippen molar-refractivity contribution in [1.29, 1.82) is 0 Å². The highest BCUT2D eigenvalue weighted by molar-refractivity contribution is 9.09. The van der Waals surface area contributed by atoms with E-state index in [9.17, 15) is 0 Å². The summed E-state index contributed by atoms with van der Waals surface area (Å²) in [5.74, 6) is 0. The minimum atomic E-state index is -0.0824. The van der Waals surface area contributed by atoms with Crippen LogP contribution in [0.5, 0.6) is 0 Å². The number of halogens is 3. The van der Waals surface area contributed by atoms with Crippen molar-refractivity contribution in [2.75, 3.05) is 10.7 Å². The molecule has 0 atom stereocenters. The molecule has 0 aliphatic carbocycles. The molecule has 0 aliphatic heterocycles. The average Bonchev–Trinajstić information content (AvgIpc) is 2.81. The molecule has 0 N–H and O–H groups in total. The van der Waals surface area contributed by atoms with Gasteiger partial charge in [-0.25, -0.2) is 0 Å². The van der Waals surface area contributed by atoms with Crippen LogP contribution in [0.2, 0.25) is 5.02 Å². The van der Waals surface area contributed by atoms with E-state index in [0.29, 0.717) is 0 Å². The van der Waals surface area contributed by atoms with Gasteiger partial charge >= 0.3 is 0 Å². The summed E-state index contributed by atoms with van der Waals surface area (Å²) in [6.07, 6.45) is 2.75. The SMILES string of the molecule is Cn1cc(CC(CBr)(CBr)c2cccc(Cl)c2)nn1. The summed E-state index contributed by atoms with van der Waals surface area (Å²) in [5, 5.41) is 10.6. The van der Waals surface area contributed by atoms with E-state index in [1.165, 1.54) is 5.56 Å². The Kier molecular flexibility index (Phi) is 5.03. The molecular formula is C13H14Br2ClN3. The molecule has 0 amide bonds. The van der Waals surface area contributed by atoms with E-state index in [0.717, 1.165) is 27.8 Å². The zero-order chi connectivity index (χ0) is 13.9. The van der Waals surface area contributed by atoms with Gasteiger partial charge < -0.3 is 0 Å². The molecular weight excluding hydrogens is 393 g/mol. The maximum absolute atomic E-state index is 6.11. The average molecular weight is 408 g/mol. The number of benzene rings is 1. The molecule has 1 heterocycles. The van der Waals surface area contributed by atoms with Crippen molar-refractivity contribution in [3.63, 3.8) is 0 Å². The van der Waals surface area contributed by atoms with Gasteiger partial charge in [0.15, 0.2) is 0 Å². The van der Waals surface area contributed by atoms with E-state index >= 15 is 0 Å². The van der Waals surface area contributed by atoms with Gasteiger partial charge in [-0.15, -0.1) is 5.10 Å². The van der Waals surface area contributed by atoms with Gasteiger partial charge in [-0.05, 0) is 17.7 Å².